The van der Waals surface area contributed by atoms with E-state index in [4.69, 9.17) is 0 Å². The average Bonchev–Trinajstić information content (AvgIpc) is 2.39. The van der Waals surface area contributed by atoms with Gasteiger partial charge >= 0.3 is 5.69 Å². The van der Waals surface area contributed by atoms with E-state index in [-0.39, 0.29) is 11.7 Å². The minimum Gasteiger partial charge on any atom is -0.354 e. The van der Waals surface area contributed by atoms with Crippen LogP contribution in [0.1, 0.15) is 20.8 Å². The second-order valence-corrected chi connectivity index (χ2v) is 5.09. The predicted molar refractivity (Wildman–Crippen MR) is 83.9 cm³/mol. The van der Waals surface area contributed by atoms with E-state index in [1.807, 2.05) is 44.7 Å². The van der Waals surface area contributed by atoms with Crippen molar-refractivity contribution >= 4 is 17.5 Å². The Kier molecular flexibility index (Phi) is 6.29. The SMILES string of the molecule is CCNc1ncc([N+](=O)[O-])c(N(CC)C(C)CN(C)C)n1. The van der Waals surface area contributed by atoms with Crippen LogP contribution in [0.5, 0.6) is 0 Å². The van der Waals surface area contributed by atoms with Crippen LogP contribution >= 0.6 is 0 Å². The van der Waals surface area contributed by atoms with Crippen LogP contribution in [-0.4, -0.2) is 59.6 Å². The highest BCUT2D eigenvalue weighted by Gasteiger charge is 2.25. The number of likely N-dealkylation sites (N-methyl/N-ethyl adjacent to an activating group) is 2. The number of anilines is 2. The molecular formula is C13H24N6O2. The van der Waals surface area contributed by atoms with Gasteiger partial charge in [-0.05, 0) is 34.9 Å². The van der Waals surface area contributed by atoms with Gasteiger partial charge in [0.2, 0.25) is 11.8 Å². The molecule has 1 aromatic rings. The molecule has 1 aromatic heterocycles. The molecule has 0 bridgehead atoms. The molecule has 1 rings (SSSR count). The molecule has 0 saturated heterocycles. The van der Waals surface area contributed by atoms with E-state index in [2.05, 4.69) is 15.3 Å². The second kappa shape index (κ2) is 7.72. The van der Waals surface area contributed by atoms with Crippen molar-refractivity contribution in [3.05, 3.63) is 16.3 Å². The third-order valence-electron chi connectivity index (χ3n) is 3.06. The second-order valence-electron chi connectivity index (χ2n) is 5.09. The highest BCUT2D eigenvalue weighted by molar-refractivity contribution is 5.59. The predicted octanol–water partition coefficient (Wildman–Crippen LogP) is 1.59. The van der Waals surface area contributed by atoms with Gasteiger partial charge in [0.25, 0.3) is 0 Å². The summed E-state index contributed by atoms with van der Waals surface area (Å²) in [6, 6.07) is 0.105. The van der Waals surface area contributed by atoms with E-state index in [0.29, 0.717) is 24.9 Å². The van der Waals surface area contributed by atoms with Crippen LogP contribution in [0.25, 0.3) is 0 Å². The molecule has 118 valence electrons. The van der Waals surface area contributed by atoms with Crippen LogP contribution in [0, 0.1) is 10.1 Å². The van der Waals surface area contributed by atoms with Crippen LogP contribution in [0.15, 0.2) is 6.20 Å². The zero-order valence-electron chi connectivity index (χ0n) is 13.3. The van der Waals surface area contributed by atoms with E-state index in [9.17, 15) is 10.1 Å². The summed E-state index contributed by atoms with van der Waals surface area (Å²) in [5.41, 5.74) is -0.0656. The molecule has 0 aliphatic rings. The lowest BCUT2D eigenvalue weighted by Crippen LogP contribution is -2.41. The van der Waals surface area contributed by atoms with Gasteiger partial charge in [-0.15, -0.1) is 0 Å². The Hall–Kier alpha value is -1.96. The Labute approximate surface area is 125 Å². The summed E-state index contributed by atoms with van der Waals surface area (Å²) in [5.74, 6) is 0.774. The molecule has 0 fully saturated rings. The molecule has 0 saturated carbocycles. The molecule has 1 unspecified atom stereocenters. The maximum Gasteiger partial charge on any atom is 0.329 e. The first kappa shape index (κ1) is 17.1. The first-order valence-corrected chi connectivity index (χ1v) is 7.07. The van der Waals surface area contributed by atoms with Gasteiger partial charge in [0.15, 0.2) is 0 Å². The van der Waals surface area contributed by atoms with Crippen LogP contribution in [0.2, 0.25) is 0 Å². The number of nitro groups is 1. The maximum absolute atomic E-state index is 11.2. The lowest BCUT2D eigenvalue weighted by molar-refractivity contribution is -0.384. The molecule has 0 amide bonds. The van der Waals surface area contributed by atoms with Crippen molar-refractivity contribution < 1.29 is 4.92 Å². The zero-order valence-corrected chi connectivity index (χ0v) is 13.3. The van der Waals surface area contributed by atoms with Crippen LogP contribution < -0.4 is 10.2 Å². The van der Waals surface area contributed by atoms with Crippen LogP contribution in [0.4, 0.5) is 17.5 Å². The highest BCUT2D eigenvalue weighted by Crippen LogP contribution is 2.27. The summed E-state index contributed by atoms with van der Waals surface area (Å²) in [4.78, 5) is 23.1. The van der Waals surface area contributed by atoms with Crippen molar-refractivity contribution in [3.8, 4) is 0 Å². The standard InChI is InChI=1S/C13H24N6O2/c1-6-14-13-15-8-11(19(20)21)12(16-13)18(7-2)10(3)9-17(4)5/h8,10H,6-7,9H2,1-5H3,(H,14,15,16). The van der Waals surface area contributed by atoms with Gasteiger partial charge in [-0.1, -0.05) is 0 Å². The third kappa shape index (κ3) is 4.52. The molecule has 1 atom stereocenters. The van der Waals surface area contributed by atoms with Crippen molar-refractivity contribution in [2.45, 2.75) is 26.8 Å². The first-order chi connectivity index (χ1) is 9.90. The Morgan fingerprint density at radius 1 is 1.43 bits per heavy atom. The van der Waals surface area contributed by atoms with Crippen molar-refractivity contribution in [1.29, 1.82) is 0 Å². The Morgan fingerprint density at radius 3 is 2.57 bits per heavy atom. The number of hydrogen-bond donors (Lipinski definition) is 1. The minimum atomic E-state index is -0.434. The Morgan fingerprint density at radius 2 is 2.10 bits per heavy atom. The smallest absolute Gasteiger partial charge is 0.329 e. The van der Waals surface area contributed by atoms with Crippen molar-refractivity contribution in [1.82, 2.24) is 14.9 Å². The van der Waals surface area contributed by atoms with E-state index in [0.717, 1.165) is 6.54 Å². The Bertz CT molecular complexity index is 480. The lowest BCUT2D eigenvalue weighted by atomic mass is 10.2. The van der Waals surface area contributed by atoms with Gasteiger partial charge in [0.05, 0.1) is 4.92 Å². The normalized spacial score (nSPS) is 12.3. The van der Waals surface area contributed by atoms with Gasteiger partial charge < -0.3 is 15.1 Å². The van der Waals surface area contributed by atoms with Crippen molar-refractivity contribution in [2.24, 2.45) is 0 Å². The summed E-state index contributed by atoms with van der Waals surface area (Å²) in [6.45, 7) is 8.00. The fourth-order valence-electron chi connectivity index (χ4n) is 2.25. The summed E-state index contributed by atoms with van der Waals surface area (Å²) in [7, 11) is 3.95. The summed E-state index contributed by atoms with van der Waals surface area (Å²) >= 11 is 0. The number of rotatable bonds is 8. The van der Waals surface area contributed by atoms with Gasteiger partial charge in [-0.25, -0.2) is 4.98 Å². The first-order valence-electron chi connectivity index (χ1n) is 7.07. The molecule has 0 aromatic carbocycles. The zero-order chi connectivity index (χ0) is 16.0. The molecular weight excluding hydrogens is 272 g/mol. The summed E-state index contributed by atoms with van der Waals surface area (Å²) in [6.07, 6.45) is 1.27. The molecule has 0 spiro atoms. The number of nitrogens with zero attached hydrogens (tertiary/aromatic N) is 5. The van der Waals surface area contributed by atoms with Gasteiger partial charge in [0, 0.05) is 25.7 Å². The Balaban J connectivity index is 3.20. The molecule has 8 heteroatoms. The van der Waals surface area contributed by atoms with Crippen LogP contribution in [0.3, 0.4) is 0 Å². The maximum atomic E-state index is 11.2. The number of aromatic nitrogens is 2. The molecule has 1 heterocycles. The quantitative estimate of drug-likeness (QED) is 0.575. The monoisotopic (exact) mass is 296 g/mol. The van der Waals surface area contributed by atoms with Gasteiger partial charge in [-0.3, -0.25) is 10.1 Å². The average molecular weight is 296 g/mol. The van der Waals surface area contributed by atoms with Crippen molar-refractivity contribution in [3.63, 3.8) is 0 Å². The summed E-state index contributed by atoms with van der Waals surface area (Å²) < 4.78 is 0. The summed E-state index contributed by atoms with van der Waals surface area (Å²) in [5, 5.41) is 14.2. The van der Waals surface area contributed by atoms with E-state index < -0.39 is 4.92 Å². The van der Waals surface area contributed by atoms with Crippen molar-refractivity contribution in [2.75, 3.05) is 43.9 Å². The number of nitrogens with one attached hydrogen (secondary N) is 1. The lowest BCUT2D eigenvalue weighted by Gasteiger charge is -2.30. The van der Waals surface area contributed by atoms with E-state index >= 15 is 0 Å². The molecule has 0 aliphatic carbocycles. The molecule has 0 aliphatic heterocycles. The fourth-order valence-corrected chi connectivity index (χ4v) is 2.25. The van der Waals surface area contributed by atoms with Crippen LogP contribution in [-0.2, 0) is 0 Å². The molecule has 21 heavy (non-hydrogen) atoms. The molecule has 8 nitrogen and oxygen atoms in total. The highest BCUT2D eigenvalue weighted by atomic mass is 16.6. The third-order valence-corrected chi connectivity index (χ3v) is 3.06. The van der Waals surface area contributed by atoms with E-state index in [1.54, 1.807) is 0 Å². The minimum absolute atomic E-state index is 0.0656. The van der Waals surface area contributed by atoms with E-state index in [1.165, 1.54) is 6.20 Å². The number of hydrogen-bond acceptors (Lipinski definition) is 7. The largest absolute Gasteiger partial charge is 0.354 e. The fraction of sp³-hybridized carbons (Fsp3) is 0.692. The molecule has 1 N–H and O–H groups in total. The van der Waals surface area contributed by atoms with Gasteiger partial charge in [-0.2, -0.15) is 4.98 Å². The topological polar surface area (TPSA) is 87.4 Å². The molecule has 0 radical (unpaired) electrons. The van der Waals surface area contributed by atoms with Gasteiger partial charge in [0.1, 0.15) is 6.20 Å².